The van der Waals surface area contributed by atoms with Crippen LogP contribution in [0.5, 0.6) is 5.75 Å². The van der Waals surface area contributed by atoms with E-state index in [2.05, 4.69) is 4.98 Å². The van der Waals surface area contributed by atoms with Crippen molar-refractivity contribution in [3.05, 3.63) is 71.9 Å². The first-order valence-electron chi connectivity index (χ1n) is 7.08. The average Bonchev–Trinajstić information content (AvgIpc) is 2.97. The van der Waals surface area contributed by atoms with Crippen LogP contribution in [0, 0.1) is 0 Å². The number of pyridine rings is 1. The molecule has 0 saturated carbocycles. The molecule has 104 valence electrons. The van der Waals surface area contributed by atoms with Crippen LogP contribution in [0.15, 0.2) is 60.8 Å². The number of aliphatic hydroxyl groups is 1. The van der Waals surface area contributed by atoms with Crippen molar-refractivity contribution in [3.8, 4) is 5.75 Å². The smallest absolute Gasteiger partial charge is 0.133 e. The van der Waals surface area contributed by atoms with Crippen LogP contribution in [0.2, 0.25) is 0 Å². The lowest BCUT2D eigenvalue weighted by atomic mass is 10.0. The molecular formula is C18H15NO2. The van der Waals surface area contributed by atoms with Crippen LogP contribution in [-0.2, 0) is 6.42 Å². The Morgan fingerprint density at radius 1 is 1.10 bits per heavy atom. The Labute approximate surface area is 122 Å². The summed E-state index contributed by atoms with van der Waals surface area (Å²) in [5, 5.41) is 11.6. The van der Waals surface area contributed by atoms with Gasteiger partial charge in [0.25, 0.3) is 0 Å². The Morgan fingerprint density at radius 3 is 2.81 bits per heavy atom. The maximum atomic E-state index is 10.6. The van der Waals surface area contributed by atoms with Crippen molar-refractivity contribution < 1.29 is 9.84 Å². The Morgan fingerprint density at radius 2 is 1.90 bits per heavy atom. The van der Waals surface area contributed by atoms with Crippen molar-refractivity contribution >= 4 is 10.9 Å². The van der Waals surface area contributed by atoms with Gasteiger partial charge in [0.1, 0.15) is 18.0 Å². The molecule has 21 heavy (non-hydrogen) atoms. The second-order valence-electron chi connectivity index (χ2n) is 5.37. The molecule has 0 bridgehead atoms. The maximum absolute atomic E-state index is 10.6. The van der Waals surface area contributed by atoms with E-state index in [1.165, 1.54) is 0 Å². The number of hydrogen-bond donors (Lipinski definition) is 1. The zero-order valence-corrected chi connectivity index (χ0v) is 11.4. The third kappa shape index (κ3) is 2.16. The van der Waals surface area contributed by atoms with Gasteiger partial charge >= 0.3 is 0 Å². The van der Waals surface area contributed by atoms with Gasteiger partial charge in [0.05, 0.1) is 5.52 Å². The molecule has 1 N–H and O–H groups in total. The van der Waals surface area contributed by atoms with E-state index in [-0.39, 0.29) is 6.10 Å². The summed E-state index contributed by atoms with van der Waals surface area (Å²) in [4.78, 5) is 4.41. The SMILES string of the molecule is OC(c1cnc2ccccc2c1)C1Cc2ccccc2O1. The minimum absolute atomic E-state index is 0.245. The highest BCUT2D eigenvalue weighted by molar-refractivity contribution is 5.78. The highest BCUT2D eigenvalue weighted by Gasteiger charge is 2.30. The quantitative estimate of drug-likeness (QED) is 0.781. The van der Waals surface area contributed by atoms with E-state index >= 15 is 0 Å². The number of para-hydroxylation sites is 2. The van der Waals surface area contributed by atoms with Crippen LogP contribution in [0.3, 0.4) is 0 Å². The van der Waals surface area contributed by atoms with Gasteiger partial charge in [-0.25, -0.2) is 0 Å². The molecule has 1 aliphatic rings. The van der Waals surface area contributed by atoms with E-state index in [4.69, 9.17) is 4.74 Å². The molecule has 2 unspecified atom stereocenters. The first-order chi connectivity index (χ1) is 10.3. The summed E-state index contributed by atoms with van der Waals surface area (Å²) in [7, 11) is 0. The fourth-order valence-electron chi connectivity index (χ4n) is 2.85. The summed E-state index contributed by atoms with van der Waals surface area (Å²) in [6.07, 6.45) is 1.55. The van der Waals surface area contributed by atoms with Crippen LogP contribution in [0.1, 0.15) is 17.2 Å². The first kappa shape index (κ1) is 12.4. The maximum Gasteiger partial charge on any atom is 0.133 e. The lowest BCUT2D eigenvalue weighted by molar-refractivity contribution is 0.0491. The molecule has 2 atom stereocenters. The summed E-state index contributed by atoms with van der Waals surface area (Å²) < 4.78 is 5.86. The Kier molecular flexibility index (Phi) is 2.86. The minimum Gasteiger partial charge on any atom is -0.487 e. The van der Waals surface area contributed by atoms with Crippen molar-refractivity contribution in [3.63, 3.8) is 0 Å². The number of rotatable bonds is 2. The molecule has 0 aliphatic carbocycles. The van der Waals surface area contributed by atoms with Gasteiger partial charge in [0, 0.05) is 23.6 Å². The molecule has 1 aliphatic heterocycles. The predicted molar refractivity (Wildman–Crippen MR) is 81.3 cm³/mol. The molecule has 0 radical (unpaired) electrons. The summed E-state index contributed by atoms with van der Waals surface area (Å²) in [6.45, 7) is 0. The highest BCUT2D eigenvalue weighted by atomic mass is 16.5. The summed E-state index contributed by atoms with van der Waals surface area (Å²) in [6, 6.07) is 17.8. The Balaban J connectivity index is 1.64. The van der Waals surface area contributed by atoms with E-state index in [1.807, 2.05) is 54.6 Å². The molecule has 2 heterocycles. The number of ether oxygens (including phenoxy) is 1. The fraction of sp³-hybridized carbons (Fsp3) is 0.167. The molecule has 3 aromatic rings. The van der Waals surface area contributed by atoms with Crippen LogP contribution in [-0.4, -0.2) is 16.2 Å². The third-order valence-electron chi connectivity index (χ3n) is 3.98. The molecule has 0 amide bonds. The lowest BCUT2D eigenvalue weighted by Crippen LogP contribution is -2.23. The predicted octanol–water partition coefficient (Wildman–Crippen LogP) is 3.27. The molecular weight excluding hydrogens is 262 g/mol. The molecule has 0 spiro atoms. The number of benzene rings is 2. The molecule has 3 heteroatoms. The van der Waals surface area contributed by atoms with E-state index in [9.17, 15) is 5.11 Å². The lowest BCUT2D eigenvalue weighted by Gasteiger charge is -2.18. The number of aromatic nitrogens is 1. The fourth-order valence-corrected chi connectivity index (χ4v) is 2.85. The monoisotopic (exact) mass is 277 g/mol. The molecule has 2 aromatic carbocycles. The van der Waals surface area contributed by atoms with Gasteiger partial charge in [-0.05, 0) is 23.8 Å². The molecule has 0 fully saturated rings. The highest BCUT2D eigenvalue weighted by Crippen LogP contribution is 2.34. The zero-order valence-electron chi connectivity index (χ0n) is 11.4. The number of aliphatic hydroxyl groups excluding tert-OH is 1. The van der Waals surface area contributed by atoms with E-state index < -0.39 is 6.10 Å². The zero-order chi connectivity index (χ0) is 14.2. The topological polar surface area (TPSA) is 42.4 Å². The molecule has 1 aromatic heterocycles. The summed E-state index contributed by atoms with van der Waals surface area (Å²) in [5.74, 6) is 0.871. The molecule has 0 saturated heterocycles. The van der Waals surface area contributed by atoms with Gasteiger partial charge in [-0.3, -0.25) is 4.98 Å². The normalized spacial score (nSPS) is 18.2. The average molecular weight is 277 g/mol. The Hall–Kier alpha value is -2.39. The van der Waals surface area contributed by atoms with E-state index in [0.717, 1.165) is 34.2 Å². The van der Waals surface area contributed by atoms with Crippen LogP contribution >= 0.6 is 0 Å². The van der Waals surface area contributed by atoms with Crippen molar-refractivity contribution in [2.75, 3.05) is 0 Å². The standard InChI is InChI=1S/C18H15NO2/c20-18(17-10-13-6-2-4-8-16(13)21-17)14-9-12-5-1-3-7-15(12)19-11-14/h1-9,11,17-18,20H,10H2. The summed E-state index contributed by atoms with van der Waals surface area (Å²) >= 11 is 0. The Bertz CT molecular complexity index is 775. The number of nitrogens with zero attached hydrogens (tertiary/aromatic N) is 1. The second kappa shape index (κ2) is 4.86. The second-order valence-corrected chi connectivity index (χ2v) is 5.37. The van der Waals surface area contributed by atoms with Gasteiger partial charge in [0.2, 0.25) is 0 Å². The number of hydrogen-bond acceptors (Lipinski definition) is 3. The van der Waals surface area contributed by atoms with E-state index in [1.54, 1.807) is 6.20 Å². The van der Waals surface area contributed by atoms with Gasteiger partial charge < -0.3 is 9.84 Å². The first-order valence-corrected chi connectivity index (χ1v) is 7.08. The third-order valence-corrected chi connectivity index (χ3v) is 3.98. The van der Waals surface area contributed by atoms with Gasteiger partial charge in [-0.2, -0.15) is 0 Å². The minimum atomic E-state index is -0.672. The van der Waals surface area contributed by atoms with Crippen molar-refractivity contribution in [1.82, 2.24) is 4.98 Å². The van der Waals surface area contributed by atoms with Crippen molar-refractivity contribution in [2.24, 2.45) is 0 Å². The van der Waals surface area contributed by atoms with Gasteiger partial charge in [-0.15, -0.1) is 0 Å². The van der Waals surface area contributed by atoms with Gasteiger partial charge in [-0.1, -0.05) is 36.4 Å². The van der Waals surface area contributed by atoms with Crippen LogP contribution < -0.4 is 4.74 Å². The molecule has 3 nitrogen and oxygen atoms in total. The largest absolute Gasteiger partial charge is 0.487 e. The van der Waals surface area contributed by atoms with E-state index in [0.29, 0.717) is 0 Å². The molecule has 4 rings (SSSR count). The summed E-state index contributed by atoms with van der Waals surface area (Å²) in [5.41, 5.74) is 2.88. The number of fused-ring (bicyclic) bond motifs is 2. The van der Waals surface area contributed by atoms with Crippen molar-refractivity contribution in [1.29, 1.82) is 0 Å². The van der Waals surface area contributed by atoms with Gasteiger partial charge in [0.15, 0.2) is 0 Å². The van der Waals surface area contributed by atoms with Crippen molar-refractivity contribution in [2.45, 2.75) is 18.6 Å². The van der Waals surface area contributed by atoms with Crippen LogP contribution in [0.4, 0.5) is 0 Å². The van der Waals surface area contributed by atoms with Crippen LogP contribution in [0.25, 0.3) is 10.9 Å².